The maximum atomic E-state index is 5.99. The molecule has 0 unspecified atom stereocenters. The molecule has 1 heterocycles. The van der Waals surface area contributed by atoms with Gasteiger partial charge in [-0.1, -0.05) is 16.1 Å². The first-order valence-corrected chi connectivity index (χ1v) is 4.73. The number of aryl methyl sites for hydroxylation is 2. The van der Waals surface area contributed by atoms with Gasteiger partial charge < -0.3 is 0 Å². The van der Waals surface area contributed by atoms with E-state index in [4.69, 9.17) is 11.6 Å². The Labute approximate surface area is 79.3 Å². The Balaban J connectivity index is 2.97. The fourth-order valence-corrected chi connectivity index (χ4v) is 2.11. The van der Waals surface area contributed by atoms with Crippen molar-refractivity contribution in [3.05, 3.63) is 22.2 Å². The van der Waals surface area contributed by atoms with Crippen LogP contribution in [-0.4, -0.2) is 9.59 Å². The Hall–Kier alpha value is -0.670. The monoisotopic (exact) mass is 198 g/mol. The molecular formula is C8H7ClN2S. The highest BCUT2D eigenvalue weighted by Crippen LogP contribution is 2.28. The minimum absolute atomic E-state index is 0.771. The number of aromatic nitrogens is 2. The van der Waals surface area contributed by atoms with Crippen LogP contribution >= 0.6 is 23.1 Å². The van der Waals surface area contributed by atoms with Gasteiger partial charge in [0.05, 0.1) is 4.70 Å². The molecule has 0 aliphatic heterocycles. The summed E-state index contributed by atoms with van der Waals surface area (Å²) in [6.45, 7) is 3.99. The molecule has 0 aliphatic rings. The van der Waals surface area contributed by atoms with Crippen molar-refractivity contribution in [1.82, 2.24) is 9.59 Å². The van der Waals surface area contributed by atoms with Crippen molar-refractivity contribution in [2.75, 3.05) is 0 Å². The Morgan fingerprint density at radius 2 is 2.17 bits per heavy atom. The van der Waals surface area contributed by atoms with Gasteiger partial charge in [0.25, 0.3) is 0 Å². The van der Waals surface area contributed by atoms with Gasteiger partial charge in [0.2, 0.25) is 0 Å². The predicted octanol–water partition coefficient (Wildman–Crippen LogP) is 2.96. The quantitative estimate of drug-likeness (QED) is 0.651. The summed E-state index contributed by atoms with van der Waals surface area (Å²) in [7, 11) is 0. The molecular weight excluding hydrogens is 192 g/mol. The summed E-state index contributed by atoms with van der Waals surface area (Å²) in [4.78, 5) is 0. The van der Waals surface area contributed by atoms with Crippen molar-refractivity contribution < 1.29 is 0 Å². The van der Waals surface area contributed by atoms with Gasteiger partial charge in [0.15, 0.2) is 0 Å². The van der Waals surface area contributed by atoms with Gasteiger partial charge in [-0.3, -0.25) is 0 Å². The molecule has 1 aromatic heterocycles. The molecule has 1 aromatic carbocycles. The second kappa shape index (κ2) is 2.68. The summed E-state index contributed by atoms with van der Waals surface area (Å²) in [5, 5.41) is 4.80. The van der Waals surface area contributed by atoms with Gasteiger partial charge in [0.1, 0.15) is 5.52 Å². The van der Waals surface area contributed by atoms with Crippen LogP contribution in [0.5, 0.6) is 0 Å². The van der Waals surface area contributed by atoms with E-state index in [9.17, 15) is 0 Å². The second-order valence-corrected chi connectivity index (χ2v) is 3.91. The largest absolute Gasteiger partial charge is 0.138 e. The lowest BCUT2D eigenvalue weighted by molar-refractivity contribution is 1.19. The molecule has 0 aliphatic carbocycles. The molecule has 0 saturated carbocycles. The number of rotatable bonds is 0. The van der Waals surface area contributed by atoms with E-state index in [1.165, 1.54) is 11.5 Å². The molecule has 0 saturated heterocycles. The standard InChI is InChI=1S/C8H7ClN2S/c1-4-3-6(9)5(2)7-8(4)12-11-10-7/h3H,1-2H3. The van der Waals surface area contributed by atoms with Gasteiger partial charge in [-0.05, 0) is 42.6 Å². The van der Waals surface area contributed by atoms with Crippen molar-refractivity contribution in [3.63, 3.8) is 0 Å². The van der Waals surface area contributed by atoms with Crippen LogP contribution in [0.4, 0.5) is 0 Å². The van der Waals surface area contributed by atoms with E-state index in [2.05, 4.69) is 9.59 Å². The molecule has 0 N–H and O–H groups in total. The highest BCUT2D eigenvalue weighted by atomic mass is 35.5. The van der Waals surface area contributed by atoms with Crippen LogP contribution in [0, 0.1) is 13.8 Å². The zero-order valence-electron chi connectivity index (χ0n) is 6.76. The summed E-state index contributed by atoms with van der Waals surface area (Å²) in [5.74, 6) is 0. The molecule has 2 rings (SSSR count). The third kappa shape index (κ3) is 1.01. The molecule has 0 fully saturated rings. The van der Waals surface area contributed by atoms with E-state index >= 15 is 0 Å². The molecule has 62 valence electrons. The molecule has 2 nitrogen and oxygen atoms in total. The van der Waals surface area contributed by atoms with Crippen LogP contribution < -0.4 is 0 Å². The molecule has 0 amide bonds. The summed E-state index contributed by atoms with van der Waals surface area (Å²) in [6, 6.07) is 1.96. The summed E-state index contributed by atoms with van der Waals surface area (Å²) >= 11 is 7.40. The first-order chi connectivity index (χ1) is 5.70. The molecule has 0 bridgehead atoms. The first kappa shape index (κ1) is 7.95. The fourth-order valence-electron chi connectivity index (χ4n) is 1.17. The Kier molecular flexibility index (Phi) is 1.77. The van der Waals surface area contributed by atoms with E-state index < -0.39 is 0 Å². The number of hydrogen-bond donors (Lipinski definition) is 0. The van der Waals surface area contributed by atoms with Crippen molar-refractivity contribution in [1.29, 1.82) is 0 Å². The number of nitrogens with zero attached hydrogens (tertiary/aromatic N) is 2. The van der Waals surface area contributed by atoms with Crippen LogP contribution in [0.15, 0.2) is 6.07 Å². The predicted molar refractivity (Wildman–Crippen MR) is 51.9 cm³/mol. The van der Waals surface area contributed by atoms with Crippen LogP contribution in [0.3, 0.4) is 0 Å². The maximum absolute atomic E-state index is 5.99. The summed E-state index contributed by atoms with van der Waals surface area (Å²) in [6.07, 6.45) is 0. The SMILES string of the molecule is Cc1c(Cl)cc(C)c2snnc12. The minimum atomic E-state index is 0.771. The lowest BCUT2D eigenvalue weighted by Gasteiger charge is -1.99. The van der Waals surface area contributed by atoms with Crippen LogP contribution in [0.1, 0.15) is 11.1 Å². The van der Waals surface area contributed by atoms with E-state index in [1.54, 1.807) is 0 Å². The molecule has 4 heteroatoms. The normalized spacial score (nSPS) is 10.9. The molecule has 0 radical (unpaired) electrons. The number of hydrogen-bond acceptors (Lipinski definition) is 3. The second-order valence-electron chi connectivity index (χ2n) is 2.75. The van der Waals surface area contributed by atoms with Gasteiger partial charge in [-0.25, -0.2) is 0 Å². The maximum Gasteiger partial charge on any atom is 0.110 e. The van der Waals surface area contributed by atoms with E-state index in [0.29, 0.717) is 0 Å². The van der Waals surface area contributed by atoms with Gasteiger partial charge in [0, 0.05) is 5.02 Å². The minimum Gasteiger partial charge on any atom is -0.138 e. The van der Waals surface area contributed by atoms with Crippen LogP contribution in [0.2, 0.25) is 5.02 Å². The first-order valence-electron chi connectivity index (χ1n) is 3.58. The Bertz CT molecular complexity index is 436. The van der Waals surface area contributed by atoms with Crippen molar-refractivity contribution >= 4 is 33.4 Å². The third-order valence-electron chi connectivity index (χ3n) is 1.90. The number of halogens is 1. The zero-order valence-corrected chi connectivity index (χ0v) is 8.33. The summed E-state index contributed by atoms with van der Waals surface area (Å²) < 4.78 is 5.03. The van der Waals surface area contributed by atoms with Gasteiger partial charge in [-0.15, -0.1) is 5.10 Å². The van der Waals surface area contributed by atoms with Crippen LogP contribution in [0.25, 0.3) is 10.2 Å². The zero-order chi connectivity index (χ0) is 8.72. The number of fused-ring (bicyclic) bond motifs is 1. The van der Waals surface area contributed by atoms with E-state index in [0.717, 1.165) is 26.4 Å². The smallest absolute Gasteiger partial charge is 0.110 e. The fraction of sp³-hybridized carbons (Fsp3) is 0.250. The average Bonchev–Trinajstić information content (AvgIpc) is 2.48. The number of benzene rings is 1. The van der Waals surface area contributed by atoms with Crippen LogP contribution in [-0.2, 0) is 0 Å². The van der Waals surface area contributed by atoms with Crippen molar-refractivity contribution in [3.8, 4) is 0 Å². The third-order valence-corrected chi connectivity index (χ3v) is 3.16. The molecule has 0 spiro atoms. The van der Waals surface area contributed by atoms with E-state index in [-0.39, 0.29) is 0 Å². The van der Waals surface area contributed by atoms with E-state index in [1.807, 2.05) is 19.9 Å². The highest BCUT2D eigenvalue weighted by Gasteiger charge is 2.08. The summed E-state index contributed by atoms with van der Waals surface area (Å²) in [5.41, 5.74) is 3.10. The Morgan fingerprint density at radius 1 is 1.42 bits per heavy atom. The lowest BCUT2D eigenvalue weighted by atomic mass is 10.1. The lowest BCUT2D eigenvalue weighted by Crippen LogP contribution is -1.81. The average molecular weight is 199 g/mol. The molecule has 12 heavy (non-hydrogen) atoms. The topological polar surface area (TPSA) is 25.8 Å². The van der Waals surface area contributed by atoms with Gasteiger partial charge >= 0.3 is 0 Å². The van der Waals surface area contributed by atoms with Crippen molar-refractivity contribution in [2.24, 2.45) is 0 Å². The molecule has 0 atom stereocenters. The van der Waals surface area contributed by atoms with Gasteiger partial charge in [-0.2, -0.15) is 0 Å². The van der Waals surface area contributed by atoms with Crippen molar-refractivity contribution in [2.45, 2.75) is 13.8 Å². The highest BCUT2D eigenvalue weighted by molar-refractivity contribution is 7.13. The molecule has 2 aromatic rings. The Morgan fingerprint density at radius 3 is 2.92 bits per heavy atom.